The number of aliphatic hydroxyl groups is 3. The average molecular weight is 233 g/mol. The molecule has 0 bridgehead atoms. The molecule has 8 heteroatoms. The van der Waals surface area contributed by atoms with Crippen molar-refractivity contribution in [3.8, 4) is 0 Å². The molecule has 1 fully saturated rings. The van der Waals surface area contributed by atoms with Gasteiger partial charge in [-0.2, -0.15) is 0 Å². The van der Waals surface area contributed by atoms with Gasteiger partial charge in [-0.05, 0) is 12.5 Å². The number of rotatable bonds is 4. The SMILES string of the molecule is CC1OC(OCCN=[N+]=[N-])C(O)C(O)C1O. The highest BCUT2D eigenvalue weighted by Crippen LogP contribution is 2.21. The highest BCUT2D eigenvalue weighted by atomic mass is 16.7. The van der Waals surface area contributed by atoms with Crippen molar-refractivity contribution in [1.82, 2.24) is 0 Å². The van der Waals surface area contributed by atoms with Gasteiger partial charge in [0.2, 0.25) is 0 Å². The highest BCUT2D eigenvalue weighted by Gasteiger charge is 2.42. The summed E-state index contributed by atoms with van der Waals surface area (Å²) in [4.78, 5) is 2.53. The summed E-state index contributed by atoms with van der Waals surface area (Å²) in [5.41, 5.74) is 8.02. The van der Waals surface area contributed by atoms with E-state index in [0.29, 0.717) is 0 Å². The zero-order valence-electron chi connectivity index (χ0n) is 8.80. The molecule has 16 heavy (non-hydrogen) atoms. The van der Waals surface area contributed by atoms with Crippen molar-refractivity contribution >= 4 is 0 Å². The fraction of sp³-hybridized carbons (Fsp3) is 1.00. The van der Waals surface area contributed by atoms with Crippen molar-refractivity contribution in [2.45, 2.75) is 37.6 Å². The summed E-state index contributed by atoms with van der Waals surface area (Å²) < 4.78 is 10.2. The molecule has 3 N–H and O–H groups in total. The van der Waals surface area contributed by atoms with Crippen LogP contribution in [0.5, 0.6) is 0 Å². The molecule has 0 aliphatic carbocycles. The second-order valence-corrected chi connectivity index (χ2v) is 3.51. The molecule has 0 amide bonds. The van der Waals surface area contributed by atoms with Crippen molar-refractivity contribution in [2.24, 2.45) is 5.11 Å². The van der Waals surface area contributed by atoms with Crippen LogP contribution in [0.4, 0.5) is 0 Å². The van der Waals surface area contributed by atoms with Gasteiger partial charge in [0.25, 0.3) is 0 Å². The molecule has 8 nitrogen and oxygen atoms in total. The first-order valence-electron chi connectivity index (χ1n) is 4.90. The predicted molar refractivity (Wildman–Crippen MR) is 52.3 cm³/mol. The Balaban J connectivity index is 2.44. The normalized spacial score (nSPS) is 39.1. The van der Waals surface area contributed by atoms with Crippen LogP contribution < -0.4 is 0 Å². The zero-order chi connectivity index (χ0) is 12.1. The Kier molecular flexibility index (Phi) is 4.94. The lowest BCUT2D eigenvalue weighted by atomic mass is 10.0. The summed E-state index contributed by atoms with van der Waals surface area (Å²) >= 11 is 0. The molecule has 5 atom stereocenters. The Bertz CT molecular complexity index is 270. The van der Waals surface area contributed by atoms with Gasteiger partial charge in [-0.15, -0.1) is 0 Å². The van der Waals surface area contributed by atoms with Gasteiger partial charge in [0.15, 0.2) is 6.29 Å². The van der Waals surface area contributed by atoms with Crippen LogP contribution in [0.2, 0.25) is 0 Å². The molecular formula is C8H15N3O5. The van der Waals surface area contributed by atoms with E-state index in [1.165, 1.54) is 0 Å². The molecule has 1 aliphatic heterocycles. The molecule has 1 rings (SSSR count). The summed E-state index contributed by atoms with van der Waals surface area (Å²) in [6.07, 6.45) is -5.44. The predicted octanol–water partition coefficient (Wildman–Crippen LogP) is -0.859. The van der Waals surface area contributed by atoms with E-state index in [9.17, 15) is 15.3 Å². The molecule has 0 saturated carbocycles. The van der Waals surface area contributed by atoms with Gasteiger partial charge in [0.05, 0.1) is 12.7 Å². The Morgan fingerprint density at radius 2 is 2.00 bits per heavy atom. The van der Waals surface area contributed by atoms with Crippen LogP contribution in [-0.4, -0.2) is 59.2 Å². The fourth-order valence-corrected chi connectivity index (χ4v) is 1.41. The first-order chi connectivity index (χ1) is 7.57. The van der Waals surface area contributed by atoms with Crippen LogP contribution >= 0.6 is 0 Å². The van der Waals surface area contributed by atoms with Crippen molar-refractivity contribution in [2.75, 3.05) is 13.2 Å². The lowest BCUT2D eigenvalue weighted by Crippen LogP contribution is -2.57. The first-order valence-corrected chi connectivity index (χ1v) is 4.90. The molecule has 0 spiro atoms. The van der Waals surface area contributed by atoms with Crippen LogP contribution in [0.15, 0.2) is 5.11 Å². The summed E-state index contributed by atoms with van der Waals surface area (Å²) in [5, 5.41) is 31.6. The number of hydrogen-bond acceptors (Lipinski definition) is 6. The molecule has 1 saturated heterocycles. The summed E-state index contributed by atoms with van der Waals surface area (Å²) in [6.45, 7) is 1.74. The van der Waals surface area contributed by atoms with E-state index >= 15 is 0 Å². The van der Waals surface area contributed by atoms with Gasteiger partial charge in [-0.3, -0.25) is 0 Å². The molecule has 92 valence electrons. The standard InChI is InChI=1S/C8H15N3O5/c1-4-5(12)6(13)7(14)8(16-4)15-3-2-10-11-9/h4-8,12-14H,2-3H2,1H3. The number of nitrogens with zero attached hydrogens (tertiary/aromatic N) is 3. The number of aliphatic hydroxyl groups excluding tert-OH is 3. The van der Waals surface area contributed by atoms with Gasteiger partial charge in [-0.1, -0.05) is 5.11 Å². The monoisotopic (exact) mass is 233 g/mol. The molecule has 0 aromatic rings. The summed E-state index contributed by atoms with van der Waals surface area (Å²) in [5.74, 6) is 0. The minimum atomic E-state index is -1.32. The van der Waals surface area contributed by atoms with Crippen molar-refractivity contribution in [3.05, 3.63) is 10.4 Å². The summed E-state index contributed by atoms with van der Waals surface area (Å²) in [7, 11) is 0. The quantitative estimate of drug-likeness (QED) is 0.252. The number of ether oxygens (including phenoxy) is 2. The molecular weight excluding hydrogens is 218 g/mol. The molecule has 0 radical (unpaired) electrons. The van der Waals surface area contributed by atoms with Gasteiger partial charge < -0.3 is 24.8 Å². The van der Waals surface area contributed by atoms with Crippen LogP contribution in [0, 0.1) is 0 Å². The van der Waals surface area contributed by atoms with Gasteiger partial charge in [-0.25, -0.2) is 0 Å². The van der Waals surface area contributed by atoms with E-state index in [1.54, 1.807) is 6.92 Å². The van der Waals surface area contributed by atoms with Gasteiger partial charge in [0, 0.05) is 11.5 Å². The minimum Gasteiger partial charge on any atom is -0.388 e. The van der Waals surface area contributed by atoms with E-state index < -0.39 is 30.7 Å². The van der Waals surface area contributed by atoms with Crippen LogP contribution in [0.25, 0.3) is 10.4 Å². The largest absolute Gasteiger partial charge is 0.388 e. The lowest BCUT2D eigenvalue weighted by molar-refractivity contribution is -0.292. The maximum atomic E-state index is 9.52. The smallest absolute Gasteiger partial charge is 0.186 e. The second kappa shape index (κ2) is 6.00. The number of hydrogen-bond donors (Lipinski definition) is 3. The maximum absolute atomic E-state index is 9.52. The van der Waals surface area contributed by atoms with Crippen LogP contribution in [0.1, 0.15) is 6.92 Å². The van der Waals surface area contributed by atoms with Crippen LogP contribution in [0.3, 0.4) is 0 Å². The second-order valence-electron chi connectivity index (χ2n) is 3.51. The average Bonchev–Trinajstić information content (AvgIpc) is 2.28. The van der Waals surface area contributed by atoms with E-state index in [1.807, 2.05) is 0 Å². The fourth-order valence-electron chi connectivity index (χ4n) is 1.41. The van der Waals surface area contributed by atoms with E-state index in [0.717, 1.165) is 0 Å². The Morgan fingerprint density at radius 3 is 2.62 bits per heavy atom. The summed E-state index contributed by atoms with van der Waals surface area (Å²) in [6, 6.07) is 0. The third kappa shape index (κ3) is 3.05. The highest BCUT2D eigenvalue weighted by molar-refractivity contribution is 4.87. The Hall–Kier alpha value is -0.890. The van der Waals surface area contributed by atoms with Gasteiger partial charge >= 0.3 is 0 Å². The third-order valence-electron chi connectivity index (χ3n) is 2.35. The first kappa shape index (κ1) is 13.2. The molecule has 1 heterocycles. The Labute approximate surface area is 92.0 Å². The van der Waals surface area contributed by atoms with Crippen LogP contribution in [-0.2, 0) is 9.47 Å². The van der Waals surface area contributed by atoms with Gasteiger partial charge in [0.1, 0.15) is 18.3 Å². The third-order valence-corrected chi connectivity index (χ3v) is 2.35. The minimum absolute atomic E-state index is 0.0708. The molecule has 1 aliphatic rings. The van der Waals surface area contributed by atoms with Crippen molar-refractivity contribution in [3.63, 3.8) is 0 Å². The molecule has 5 unspecified atom stereocenters. The van der Waals surface area contributed by atoms with Crippen molar-refractivity contribution < 1.29 is 24.8 Å². The van der Waals surface area contributed by atoms with E-state index in [-0.39, 0.29) is 13.2 Å². The Morgan fingerprint density at radius 1 is 1.31 bits per heavy atom. The lowest BCUT2D eigenvalue weighted by Gasteiger charge is -2.38. The van der Waals surface area contributed by atoms with Crippen molar-refractivity contribution in [1.29, 1.82) is 0 Å². The molecule has 0 aromatic heterocycles. The zero-order valence-corrected chi connectivity index (χ0v) is 8.80. The topological polar surface area (TPSA) is 128 Å². The maximum Gasteiger partial charge on any atom is 0.186 e. The van der Waals surface area contributed by atoms with E-state index in [4.69, 9.17) is 15.0 Å². The molecule has 0 aromatic carbocycles. The van der Waals surface area contributed by atoms with E-state index in [2.05, 4.69) is 10.0 Å². The number of azide groups is 1.